The van der Waals surface area contributed by atoms with E-state index in [0.29, 0.717) is 19.0 Å². The lowest BCUT2D eigenvalue weighted by molar-refractivity contribution is -0.127. The number of rotatable bonds is 6. The Hall–Kier alpha value is -2.41. The van der Waals surface area contributed by atoms with Crippen molar-refractivity contribution in [2.45, 2.75) is 20.0 Å². The standard InChI is InChI=1S/C18H25N5OS/c1-14-21-16(13-25-14)12-23(4)18(20-11-17(24)22(2)3)19-10-15-8-6-5-7-9-15/h5-9,13H,10-12H2,1-4H3,(H,19,20). The lowest BCUT2D eigenvalue weighted by Crippen LogP contribution is -2.43. The van der Waals surface area contributed by atoms with E-state index in [1.54, 1.807) is 30.3 Å². The monoisotopic (exact) mass is 359 g/mol. The number of aliphatic imine (C=N–C) groups is 1. The predicted molar refractivity (Wildman–Crippen MR) is 103 cm³/mol. The van der Waals surface area contributed by atoms with Crippen LogP contribution in [-0.4, -0.2) is 54.3 Å². The highest BCUT2D eigenvalue weighted by Crippen LogP contribution is 2.10. The average molecular weight is 359 g/mol. The minimum atomic E-state index is 0.00492. The number of nitrogens with one attached hydrogen (secondary N) is 1. The maximum absolute atomic E-state index is 11.9. The Labute approximate surface area is 153 Å². The van der Waals surface area contributed by atoms with Gasteiger partial charge in [0.15, 0.2) is 5.96 Å². The van der Waals surface area contributed by atoms with Crippen LogP contribution in [0.5, 0.6) is 0 Å². The SMILES string of the molecule is Cc1nc(CN(C)C(=NCc2ccccc2)NCC(=O)N(C)C)cs1. The Kier molecular flexibility index (Phi) is 6.94. The number of carbonyl (C=O) groups is 1. The van der Waals surface area contributed by atoms with E-state index in [2.05, 4.69) is 15.3 Å². The minimum Gasteiger partial charge on any atom is -0.347 e. The van der Waals surface area contributed by atoms with Crippen LogP contribution in [0.15, 0.2) is 40.7 Å². The molecule has 0 aliphatic rings. The third-order valence-corrected chi connectivity index (χ3v) is 4.40. The topological polar surface area (TPSA) is 60.8 Å². The number of carbonyl (C=O) groups excluding carboxylic acids is 1. The van der Waals surface area contributed by atoms with Crippen LogP contribution in [0.1, 0.15) is 16.3 Å². The Morgan fingerprint density at radius 3 is 2.56 bits per heavy atom. The number of aryl methyl sites for hydroxylation is 1. The largest absolute Gasteiger partial charge is 0.347 e. The molecule has 1 N–H and O–H groups in total. The van der Waals surface area contributed by atoms with Gasteiger partial charge in [-0.2, -0.15) is 0 Å². The number of aromatic nitrogens is 1. The fourth-order valence-electron chi connectivity index (χ4n) is 2.17. The van der Waals surface area contributed by atoms with E-state index in [1.165, 1.54) is 0 Å². The summed E-state index contributed by atoms with van der Waals surface area (Å²) in [5, 5.41) is 6.25. The Balaban J connectivity index is 2.07. The summed E-state index contributed by atoms with van der Waals surface area (Å²) >= 11 is 1.63. The van der Waals surface area contributed by atoms with Crippen LogP contribution in [0.3, 0.4) is 0 Å². The lowest BCUT2D eigenvalue weighted by atomic mass is 10.2. The van der Waals surface area contributed by atoms with Crippen LogP contribution >= 0.6 is 11.3 Å². The molecule has 0 saturated heterocycles. The summed E-state index contributed by atoms with van der Waals surface area (Å²) in [6, 6.07) is 10.1. The van der Waals surface area contributed by atoms with E-state index in [0.717, 1.165) is 16.3 Å². The first-order chi connectivity index (χ1) is 12.0. The van der Waals surface area contributed by atoms with Crippen molar-refractivity contribution >= 4 is 23.2 Å². The molecule has 1 amide bonds. The van der Waals surface area contributed by atoms with Gasteiger partial charge < -0.3 is 15.1 Å². The predicted octanol–water partition coefficient (Wildman–Crippen LogP) is 2.12. The molecule has 0 atom stereocenters. The Bertz CT molecular complexity index is 711. The molecule has 0 radical (unpaired) electrons. The first-order valence-corrected chi connectivity index (χ1v) is 8.98. The number of thiazole rings is 1. The molecule has 0 aliphatic heterocycles. The van der Waals surface area contributed by atoms with Gasteiger partial charge >= 0.3 is 0 Å². The van der Waals surface area contributed by atoms with Gasteiger partial charge in [-0.05, 0) is 12.5 Å². The Morgan fingerprint density at radius 2 is 1.96 bits per heavy atom. The smallest absolute Gasteiger partial charge is 0.241 e. The van der Waals surface area contributed by atoms with E-state index in [1.807, 2.05) is 54.6 Å². The van der Waals surface area contributed by atoms with Crippen molar-refractivity contribution in [3.05, 3.63) is 52.0 Å². The van der Waals surface area contributed by atoms with Gasteiger partial charge in [0.1, 0.15) is 0 Å². The van der Waals surface area contributed by atoms with Gasteiger partial charge in [-0.15, -0.1) is 11.3 Å². The zero-order valence-electron chi connectivity index (χ0n) is 15.2. The van der Waals surface area contributed by atoms with Crippen molar-refractivity contribution in [2.75, 3.05) is 27.7 Å². The van der Waals surface area contributed by atoms with Gasteiger partial charge in [-0.1, -0.05) is 30.3 Å². The number of amides is 1. The maximum atomic E-state index is 11.9. The molecule has 0 unspecified atom stereocenters. The van der Waals surface area contributed by atoms with Crippen LogP contribution in [-0.2, 0) is 17.9 Å². The van der Waals surface area contributed by atoms with Crippen LogP contribution < -0.4 is 5.32 Å². The normalized spacial score (nSPS) is 11.3. The molecule has 1 aromatic heterocycles. The molecular formula is C18H25N5OS. The fourth-order valence-corrected chi connectivity index (χ4v) is 2.78. The number of hydrogen-bond donors (Lipinski definition) is 1. The van der Waals surface area contributed by atoms with Gasteiger partial charge in [0, 0.05) is 26.5 Å². The average Bonchev–Trinajstić information content (AvgIpc) is 3.00. The van der Waals surface area contributed by atoms with E-state index in [9.17, 15) is 4.79 Å². The highest BCUT2D eigenvalue weighted by molar-refractivity contribution is 7.09. The summed E-state index contributed by atoms with van der Waals surface area (Å²) in [6.45, 7) is 3.40. The van der Waals surface area contributed by atoms with Crippen LogP contribution in [0.2, 0.25) is 0 Å². The molecule has 1 aromatic carbocycles. The lowest BCUT2D eigenvalue weighted by Gasteiger charge is -2.22. The molecule has 0 spiro atoms. The summed E-state index contributed by atoms with van der Waals surface area (Å²) in [5.41, 5.74) is 2.12. The highest BCUT2D eigenvalue weighted by atomic mass is 32.1. The van der Waals surface area contributed by atoms with Crippen LogP contribution in [0.25, 0.3) is 0 Å². The summed E-state index contributed by atoms with van der Waals surface area (Å²) in [5.74, 6) is 0.690. The van der Waals surface area contributed by atoms with Crippen molar-refractivity contribution in [1.29, 1.82) is 0 Å². The highest BCUT2D eigenvalue weighted by Gasteiger charge is 2.12. The summed E-state index contributed by atoms with van der Waals surface area (Å²) in [4.78, 5) is 24.6. The third kappa shape index (κ3) is 6.19. The molecule has 2 rings (SSSR count). The fraction of sp³-hybridized carbons (Fsp3) is 0.389. The van der Waals surface area contributed by atoms with Gasteiger partial charge in [0.05, 0.1) is 30.3 Å². The first-order valence-electron chi connectivity index (χ1n) is 8.10. The number of hydrogen-bond acceptors (Lipinski definition) is 4. The summed E-state index contributed by atoms with van der Waals surface area (Å²) in [7, 11) is 5.44. The number of likely N-dealkylation sites (N-methyl/N-ethyl adjacent to an activating group) is 1. The van der Waals surface area contributed by atoms with E-state index in [-0.39, 0.29) is 12.5 Å². The van der Waals surface area contributed by atoms with Gasteiger partial charge in [0.25, 0.3) is 0 Å². The van der Waals surface area contributed by atoms with Crippen molar-refractivity contribution in [2.24, 2.45) is 4.99 Å². The van der Waals surface area contributed by atoms with Crippen molar-refractivity contribution < 1.29 is 4.79 Å². The van der Waals surface area contributed by atoms with E-state index < -0.39 is 0 Å². The molecule has 25 heavy (non-hydrogen) atoms. The number of guanidine groups is 1. The quantitative estimate of drug-likeness (QED) is 0.634. The number of benzene rings is 1. The number of nitrogens with zero attached hydrogens (tertiary/aromatic N) is 4. The van der Waals surface area contributed by atoms with Crippen LogP contribution in [0, 0.1) is 6.92 Å². The molecule has 0 fully saturated rings. The van der Waals surface area contributed by atoms with E-state index in [4.69, 9.17) is 0 Å². The molecule has 0 aliphatic carbocycles. The van der Waals surface area contributed by atoms with Crippen molar-refractivity contribution in [3.63, 3.8) is 0 Å². The molecule has 6 nitrogen and oxygen atoms in total. The second-order valence-corrected chi connectivity index (χ2v) is 7.04. The van der Waals surface area contributed by atoms with Gasteiger partial charge in [-0.25, -0.2) is 9.98 Å². The minimum absolute atomic E-state index is 0.00492. The van der Waals surface area contributed by atoms with E-state index >= 15 is 0 Å². The van der Waals surface area contributed by atoms with Gasteiger partial charge in [-0.3, -0.25) is 4.79 Å². The Morgan fingerprint density at radius 1 is 1.24 bits per heavy atom. The molecule has 0 saturated carbocycles. The third-order valence-electron chi connectivity index (χ3n) is 3.58. The zero-order chi connectivity index (χ0) is 18.2. The van der Waals surface area contributed by atoms with Crippen molar-refractivity contribution in [3.8, 4) is 0 Å². The second kappa shape index (κ2) is 9.17. The first kappa shape index (κ1) is 18.9. The molecule has 134 valence electrons. The summed E-state index contributed by atoms with van der Waals surface area (Å²) in [6.07, 6.45) is 0. The molecule has 7 heteroatoms. The van der Waals surface area contributed by atoms with Crippen molar-refractivity contribution in [1.82, 2.24) is 20.1 Å². The molecule has 2 aromatic rings. The second-order valence-electron chi connectivity index (χ2n) is 5.98. The van der Waals surface area contributed by atoms with Gasteiger partial charge in [0.2, 0.25) is 5.91 Å². The molecule has 1 heterocycles. The molecular weight excluding hydrogens is 334 g/mol. The summed E-state index contributed by atoms with van der Waals surface area (Å²) < 4.78 is 0. The zero-order valence-corrected chi connectivity index (χ0v) is 16.0. The maximum Gasteiger partial charge on any atom is 0.241 e. The molecule has 0 bridgehead atoms. The van der Waals surface area contributed by atoms with Crippen LogP contribution in [0.4, 0.5) is 0 Å².